The van der Waals surface area contributed by atoms with Crippen LogP contribution in [0.5, 0.6) is 0 Å². The molecule has 0 bridgehead atoms. The lowest BCUT2D eigenvalue weighted by atomic mass is 10.1. The normalized spacial score (nSPS) is 16.8. The molecule has 0 saturated carbocycles. The third kappa shape index (κ3) is 9.10. The summed E-state index contributed by atoms with van der Waals surface area (Å²) in [6, 6.07) is 17.0. The number of aryl methyl sites for hydroxylation is 1. The van der Waals surface area contributed by atoms with Crippen LogP contribution in [0.15, 0.2) is 59.5 Å². The molecule has 40 heavy (non-hydrogen) atoms. The van der Waals surface area contributed by atoms with E-state index in [1.54, 1.807) is 17.0 Å². The molecule has 1 saturated heterocycles. The number of benzene rings is 2. The van der Waals surface area contributed by atoms with Gasteiger partial charge in [0.25, 0.3) is 0 Å². The van der Waals surface area contributed by atoms with Crippen molar-refractivity contribution in [1.82, 2.24) is 14.1 Å². The van der Waals surface area contributed by atoms with Crippen molar-refractivity contribution in [3.63, 3.8) is 0 Å². The van der Waals surface area contributed by atoms with Gasteiger partial charge in [-0.1, -0.05) is 49.4 Å². The first-order valence-corrected chi connectivity index (χ1v) is 17.4. The monoisotopic (exact) mass is 592 g/mol. The summed E-state index contributed by atoms with van der Waals surface area (Å²) in [6.45, 7) is 7.16. The molecule has 2 aromatic rings. The van der Waals surface area contributed by atoms with Crippen LogP contribution >= 0.6 is 0 Å². The van der Waals surface area contributed by atoms with Gasteiger partial charge in [-0.2, -0.15) is 4.31 Å². The van der Waals surface area contributed by atoms with Crippen LogP contribution in [0.3, 0.4) is 0 Å². The molecule has 3 rings (SSSR count). The minimum Gasteiger partial charge on any atom is -0.340 e. The molecule has 0 radical (unpaired) electrons. The van der Waals surface area contributed by atoms with E-state index in [1.165, 1.54) is 10.6 Å². The van der Waals surface area contributed by atoms with Crippen molar-refractivity contribution in [2.75, 3.05) is 45.5 Å². The van der Waals surface area contributed by atoms with Crippen molar-refractivity contribution in [2.24, 2.45) is 5.73 Å². The van der Waals surface area contributed by atoms with Gasteiger partial charge in [-0.25, -0.2) is 16.8 Å². The number of unbranched alkanes of at least 4 members (excludes halogenated alkanes) is 1. The summed E-state index contributed by atoms with van der Waals surface area (Å²) < 4.78 is 50.6. The summed E-state index contributed by atoms with van der Waals surface area (Å²) in [6.07, 6.45) is 4.66. The van der Waals surface area contributed by atoms with Crippen LogP contribution in [0.1, 0.15) is 44.2 Å². The average Bonchev–Trinajstić information content (AvgIpc) is 2.92. The van der Waals surface area contributed by atoms with Gasteiger partial charge in [-0.05, 0) is 75.4 Å². The Morgan fingerprint density at radius 1 is 0.950 bits per heavy atom. The molecular weight excluding hydrogens is 548 g/mol. The molecule has 0 spiro atoms. The zero-order valence-corrected chi connectivity index (χ0v) is 25.5. The minimum absolute atomic E-state index is 0.155. The number of rotatable bonds is 15. The van der Waals surface area contributed by atoms with E-state index in [0.717, 1.165) is 43.5 Å². The number of hydrogen-bond acceptors (Lipinski definition) is 7. The third-order valence-electron chi connectivity index (χ3n) is 7.62. The SMILES string of the molecule is CCN(CCCCN1CCN(S(=O)(=O)C(N)CCc2ccccc2)CC1=O)C(C)Cc1ccc(S(C)(=O)=O)cc1. The lowest BCUT2D eigenvalue weighted by Gasteiger charge is -2.35. The molecule has 2 aromatic carbocycles. The Balaban J connectivity index is 1.40. The standard InChI is InChI=1S/C29H44N4O5S2/c1-4-31(24(2)22-26-12-15-27(16-13-26)39(3,35)36)18-8-9-19-32-20-21-33(23-29(32)34)40(37,38)28(30)17-14-25-10-6-5-7-11-25/h5-7,10-13,15-16,24,28H,4,8-9,14,17-23,30H2,1-3H3. The summed E-state index contributed by atoms with van der Waals surface area (Å²) in [5.74, 6) is -0.177. The molecule has 2 unspecified atom stereocenters. The fraction of sp³-hybridized carbons (Fsp3) is 0.552. The Hall–Kier alpha value is -2.31. The number of nitrogens with zero attached hydrogens (tertiary/aromatic N) is 3. The topological polar surface area (TPSA) is 121 Å². The van der Waals surface area contributed by atoms with Crippen LogP contribution in [-0.2, 0) is 37.5 Å². The van der Waals surface area contributed by atoms with E-state index in [4.69, 9.17) is 5.73 Å². The highest BCUT2D eigenvalue weighted by molar-refractivity contribution is 7.90. The maximum Gasteiger partial charge on any atom is 0.237 e. The Morgan fingerprint density at radius 2 is 1.62 bits per heavy atom. The molecule has 1 aliphatic rings. The molecule has 222 valence electrons. The Bertz CT molecular complexity index is 1300. The highest BCUT2D eigenvalue weighted by Gasteiger charge is 2.35. The van der Waals surface area contributed by atoms with Crippen molar-refractivity contribution in [3.8, 4) is 0 Å². The van der Waals surface area contributed by atoms with Gasteiger partial charge < -0.3 is 15.5 Å². The zero-order chi connectivity index (χ0) is 29.3. The predicted molar refractivity (Wildman–Crippen MR) is 159 cm³/mol. The number of likely N-dealkylation sites (N-methyl/N-ethyl adjacent to an activating group) is 1. The van der Waals surface area contributed by atoms with Gasteiger partial charge in [0.1, 0.15) is 5.37 Å². The number of piperazine rings is 1. The maximum absolute atomic E-state index is 13.0. The zero-order valence-electron chi connectivity index (χ0n) is 23.9. The smallest absolute Gasteiger partial charge is 0.237 e. The van der Waals surface area contributed by atoms with Crippen molar-refractivity contribution in [1.29, 1.82) is 0 Å². The average molecular weight is 593 g/mol. The molecule has 1 aliphatic heterocycles. The fourth-order valence-corrected chi connectivity index (χ4v) is 7.14. The van der Waals surface area contributed by atoms with Gasteiger partial charge in [0, 0.05) is 31.9 Å². The van der Waals surface area contributed by atoms with Crippen LogP contribution in [0.4, 0.5) is 0 Å². The molecular formula is C29H44N4O5S2. The second-order valence-electron chi connectivity index (χ2n) is 10.6. The fourth-order valence-electron chi connectivity index (χ4n) is 5.09. The van der Waals surface area contributed by atoms with E-state index in [-0.39, 0.29) is 25.0 Å². The second kappa shape index (κ2) is 14.5. The first-order valence-electron chi connectivity index (χ1n) is 14.0. The number of sulfone groups is 1. The molecule has 1 fully saturated rings. The van der Waals surface area contributed by atoms with E-state index in [1.807, 2.05) is 42.5 Å². The van der Waals surface area contributed by atoms with E-state index in [2.05, 4.69) is 18.7 Å². The summed E-state index contributed by atoms with van der Waals surface area (Å²) in [5.41, 5.74) is 8.19. The van der Waals surface area contributed by atoms with E-state index < -0.39 is 25.2 Å². The largest absolute Gasteiger partial charge is 0.340 e. The number of nitrogens with two attached hydrogens (primary N) is 1. The first-order chi connectivity index (χ1) is 18.9. The van der Waals surface area contributed by atoms with Crippen molar-refractivity contribution in [2.45, 2.75) is 62.3 Å². The quantitative estimate of drug-likeness (QED) is 0.316. The predicted octanol–water partition coefficient (Wildman–Crippen LogP) is 2.51. The minimum atomic E-state index is -3.75. The third-order valence-corrected chi connectivity index (χ3v) is 10.8. The number of carbonyl (C=O) groups excluding carboxylic acids is 1. The number of amides is 1. The van der Waals surface area contributed by atoms with Crippen LogP contribution < -0.4 is 5.73 Å². The van der Waals surface area contributed by atoms with Gasteiger partial charge in [-0.3, -0.25) is 4.79 Å². The van der Waals surface area contributed by atoms with Crippen LogP contribution in [-0.4, -0.2) is 93.8 Å². The van der Waals surface area contributed by atoms with Crippen molar-refractivity contribution >= 4 is 25.8 Å². The first kappa shape index (κ1) is 32.2. The van der Waals surface area contributed by atoms with Crippen molar-refractivity contribution < 1.29 is 21.6 Å². The van der Waals surface area contributed by atoms with Crippen molar-refractivity contribution in [3.05, 3.63) is 65.7 Å². The lowest BCUT2D eigenvalue weighted by molar-refractivity contribution is -0.134. The van der Waals surface area contributed by atoms with Gasteiger partial charge >= 0.3 is 0 Å². The molecule has 2 N–H and O–H groups in total. The Labute approximate surface area is 240 Å². The number of carbonyl (C=O) groups is 1. The summed E-state index contributed by atoms with van der Waals surface area (Å²) in [5, 5.41) is -1.04. The van der Waals surface area contributed by atoms with Gasteiger partial charge in [0.05, 0.1) is 11.4 Å². The number of hydrogen-bond donors (Lipinski definition) is 1. The van der Waals surface area contributed by atoms with Gasteiger partial charge in [0.2, 0.25) is 15.9 Å². The molecule has 1 amide bonds. The number of sulfonamides is 1. The van der Waals surface area contributed by atoms with E-state index >= 15 is 0 Å². The van der Waals surface area contributed by atoms with E-state index in [9.17, 15) is 21.6 Å². The second-order valence-corrected chi connectivity index (χ2v) is 14.8. The van der Waals surface area contributed by atoms with Crippen LogP contribution in [0.2, 0.25) is 0 Å². The molecule has 1 heterocycles. The van der Waals surface area contributed by atoms with Gasteiger partial charge in [0.15, 0.2) is 9.84 Å². The molecule has 0 aromatic heterocycles. The molecule has 11 heteroatoms. The summed E-state index contributed by atoms with van der Waals surface area (Å²) >= 11 is 0. The summed E-state index contributed by atoms with van der Waals surface area (Å²) in [7, 11) is -6.95. The highest BCUT2D eigenvalue weighted by Crippen LogP contribution is 2.17. The van der Waals surface area contributed by atoms with Gasteiger partial charge in [-0.15, -0.1) is 0 Å². The van der Waals surface area contributed by atoms with Crippen LogP contribution in [0.25, 0.3) is 0 Å². The maximum atomic E-state index is 13.0. The molecule has 2 atom stereocenters. The molecule has 0 aliphatic carbocycles. The highest BCUT2D eigenvalue weighted by atomic mass is 32.2. The van der Waals surface area contributed by atoms with Crippen LogP contribution in [0, 0.1) is 0 Å². The Kier molecular flexibility index (Phi) is 11.7. The Morgan fingerprint density at radius 3 is 2.23 bits per heavy atom. The molecule has 9 nitrogen and oxygen atoms in total. The lowest BCUT2D eigenvalue weighted by Crippen LogP contribution is -2.55. The summed E-state index contributed by atoms with van der Waals surface area (Å²) in [4.78, 5) is 17.2. The van der Waals surface area contributed by atoms with E-state index in [0.29, 0.717) is 30.8 Å².